The number of allylic oxidation sites excluding steroid dienone is 34. The highest BCUT2D eigenvalue weighted by molar-refractivity contribution is 7.47. The molecule has 2 atom stereocenters. The minimum Gasteiger partial charge on any atom is -0.462 e. The summed E-state index contributed by atoms with van der Waals surface area (Å²) in [4.78, 5) is 35.3. The highest BCUT2D eigenvalue weighted by atomic mass is 31.2. The molecule has 0 aliphatic carbocycles. The minimum atomic E-state index is -4.42. The number of phosphoric ester groups is 1. The van der Waals surface area contributed by atoms with Crippen molar-refractivity contribution in [2.45, 2.75) is 225 Å². The summed E-state index contributed by atoms with van der Waals surface area (Å²) in [5, 5.41) is 0. The van der Waals surface area contributed by atoms with Gasteiger partial charge in [-0.1, -0.05) is 265 Å². The number of phosphoric acid groups is 1. The maximum absolute atomic E-state index is 12.7. The van der Waals surface area contributed by atoms with Crippen molar-refractivity contribution in [1.29, 1.82) is 0 Å². The zero-order chi connectivity index (χ0) is 61.6. The van der Waals surface area contributed by atoms with E-state index in [1.54, 1.807) is 0 Å². The molecule has 85 heavy (non-hydrogen) atoms. The first-order chi connectivity index (χ1) is 41.8. The third-order valence-electron chi connectivity index (χ3n) is 12.7. The van der Waals surface area contributed by atoms with E-state index in [1.165, 1.54) is 32.1 Å². The van der Waals surface area contributed by atoms with Crippen LogP contribution >= 0.6 is 7.82 Å². The van der Waals surface area contributed by atoms with Gasteiger partial charge in [-0.3, -0.25) is 18.6 Å². The van der Waals surface area contributed by atoms with Crippen molar-refractivity contribution in [3.63, 3.8) is 0 Å². The average molecular weight is 1190 g/mol. The molecule has 0 saturated carbocycles. The van der Waals surface area contributed by atoms with Gasteiger partial charge in [0.15, 0.2) is 6.10 Å². The molecule has 0 fully saturated rings. The highest BCUT2D eigenvalue weighted by Crippen LogP contribution is 2.43. The topological polar surface area (TPSA) is 134 Å². The van der Waals surface area contributed by atoms with Crippen LogP contribution in [0.3, 0.4) is 0 Å². The molecule has 0 aromatic heterocycles. The van der Waals surface area contributed by atoms with E-state index in [-0.39, 0.29) is 32.6 Å². The Morgan fingerprint density at radius 2 is 0.612 bits per heavy atom. The van der Waals surface area contributed by atoms with Crippen LogP contribution in [-0.4, -0.2) is 49.3 Å². The molecule has 0 saturated heterocycles. The second kappa shape index (κ2) is 67.7. The van der Waals surface area contributed by atoms with Crippen molar-refractivity contribution in [1.82, 2.24) is 0 Å². The number of hydrogen-bond donors (Lipinski definition) is 2. The van der Waals surface area contributed by atoms with Crippen molar-refractivity contribution >= 4 is 19.8 Å². The molecule has 0 bridgehead atoms. The van der Waals surface area contributed by atoms with Gasteiger partial charge in [0.05, 0.1) is 13.2 Å². The number of esters is 2. The number of ether oxygens (including phenoxy) is 2. The molecule has 0 amide bonds. The standard InChI is InChI=1S/C75H116NO8P/c1-3-5-7-9-11-13-15-17-19-21-23-25-27-29-31-32-33-34-35-36-37-38-39-40-42-44-46-48-50-52-54-56-58-60-62-64-66-68-75(78)84-73(72-83-85(79,80)82-70-69-76)71-81-74(77)67-65-63-61-59-57-55-53-51-49-47-45-43-41-30-28-26-24-22-20-18-16-14-12-10-8-6-4-2/h5-8,11-14,17-20,23-26,29-31,33-34,36-37,39-41,44-47,51,53,57,59,73H,3-4,9-10,15-16,21-22,27-28,32,35,38,42-43,48-50,52,54-56,58,60-72,76H2,1-2H3,(H,79,80)/b7-5-,8-6-,13-11-,14-12-,19-17-,20-18-,25-23-,26-24-,31-29-,34-33-,37-36-,40-39-,41-30-,46-44-,47-45-,53-51-,59-57-. The molecule has 10 heteroatoms. The largest absolute Gasteiger partial charge is 0.472 e. The molecule has 0 aromatic rings. The molecule has 0 heterocycles. The molecule has 3 N–H and O–H groups in total. The maximum atomic E-state index is 12.7. The second-order valence-corrected chi connectivity index (χ2v) is 22.0. The lowest BCUT2D eigenvalue weighted by molar-refractivity contribution is -0.161. The summed E-state index contributed by atoms with van der Waals surface area (Å²) >= 11 is 0. The van der Waals surface area contributed by atoms with Crippen LogP contribution in [0, 0.1) is 0 Å². The fourth-order valence-corrected chi connectivity index (χ4v) is 8.70. The van der Waals surface area contributed by atoms with E-state index >= 15 is 0 Å². The van der Waals surface area contributed by atoms with Crippen molar-refractivity contribution in [3.8, 4) is 0 Å². The van der Waals surface area contributed by atoms with Crippen LogP contribution < -0.4 is 5.73 Å². The summed E-state index contributed by atoms with van der Waals surface area (Å²) in [7, 11) is -4.42. The van der Waals surface area contributed by atoms with Crippen LogP contribution in [-0.2, 0) is 32.7 Å². The van der Waals surface area contributed by atoms with Crippen LogP contribution in [0.4, 0.5) is 0 Å². The molecule has 0 radical (unpaired) electrons. The number of hydrogen-bond acceptors (Lipinski definition) is 8. The Kier molecular flexibility index (Phi) is 63.4. The van der Waals surface area contributed by atoms with E-state index in [0.717, 1.165) is 148 Å². The van der Waals surface area contributed by atoms with E-state index in [9.17, 15) is 19.0 Å². The van der Waals surface area contributed by atoms with E-state index < -0.39 is 32.5 Å². The Hall–Kier alpha value is -5.41. The van der Waals surface area contributed by atoms with E-state index in [4.69, 9.17) is 24.3 Å². The van der Waals surface area contributed by atoms with Gasteiger partial charge in [-0.25, -0.2) is 4.57 Å². The summed E-state index contributed by atoms with van der Waals surface area (Å²) in [6, 6.07) is 0. The summed E-state index contributed by atoms with van der Waals surface area (Å²) in [5.41, 5.74) is 5.39. The van der Waals surface area contributed by atoms with Crippen LogP contribution in [0.15, 0.2) is 207 Å². The SMILES string of the molecule is CC/C=C\C/C=C\C/C=C\C/C=C\C/C=C\C/C=C\C/C=C\C/C=C\C/C=C\CCCCCCCCCCCC(=O)OC(COC(=O)CCCC/C=C\C/C=C\C/C=C\C/C=C\C/C=C\C/C=C\C/C=C\C/C=C\CC)COP(=O)(O)OCCN. The third kappa shape index (κ3) is 67.6. The van der Waals surface area contributed by atoms with Gasteiger partial charge in [-0.15, -0.1) is 0 Å². The highest BCUT2D eigenvalue weighted by Gasteiger charge is 2.26. The lowest BCUT2D eigenvalue weighted by Crippen LogP contribution is -2.29. The van der Waals surface area contributed by atoms with Crippen LogP contribution in [0.2, 0.25) is 0 Å². The van der Waals surface area contributed by atoms with E-state index in [1.807, 2.05) is 0 Å². The Morgan fingerprint density at radius 3 is 0.929 bits per heavy atom. The van der Waals surface area contributed by atoms with Gasteiger partial charge in [0.25, 0.3) is 0 Å². The van der Waals surface area contributed by atoms with E-state index in [2.05, 4.69) is 220 Å². The first-order valence-corrected chi connectivity index (χ1v) is 34.1. The molecule has 0 rings (SSSR count). The molecule has 0 aromatic carbocycles. The predicted molar refractivity (Wildman–Crippen MR) is 366 cm³/mol. The number of carbonyl (C=O) groups is 2. The quantitative estimate of drug-likeness (QED) is 0.0264. The Morgan fingerprint density at radius 1 is 0.353 bits per heavy atom. The second-order valence-electron chi connectivity index (χ2n) is 20.5. The monoisotopic (exact) mass is 1190 g/mol. The summed E-state index contributed by atoms with van der Waals surface area (Å²) in [5.74, 6) is -0.904. The zero-order valence-corrected chi connectivity index (χ0v) is 53.9. The Labute approximate surface area is 518 Å². The van der Waals surface area contributed by atoms with Crippen LogP contribution in [0.25, 0.3) is 0 Å². The normalized spacial score (nSPS) is 14.4. The third-order valence-corrected chi connectivity index (χ3v) is 13.6. The van der Waals surface area contributed by atoms with Crippen LogP contribution in [0.1, 0.15) is 219 Å². The van der Waals surface area contributed by atoms with Gasteiger partial charge in [-0.05, 0) is 148 Å². The van der Waals surface area contributed by atoms with Gasteiger partial charge in [0, 0.05) is 19.4 Å². The number of rotatable bonds is 58. The van der Waals surface area contributed by atoms with Gasteiger partial charge < -0.3 is 20.1 Å². The van der Waals surface area contributed by atoms with E-state index in [0.29, 0.717) is 12.8 Å². The number of carbonyl (C=O) groups excluding carboxylic acids is 2. The molecular weight excluding hydrogens is 1070 g/mol. The van der Waals surface area contributed by atoms with Gasteiger partial charge in [0.1, 0.15) is 6.61 Å². The Bertz CT molecular complexity index is 2140. The number of nitrogens with two attached hydrogens (primary N) is 1. The fourth-order valence-electron chi connectivity index (χ4n) is 7.94. The predicted octanol–water partition coefficient (Wildman–Crippen LogP) is 21.5. The van der Waals surface area contributed by atoms with Gasteiger partial charge in [-0.2, -0.15) is 0 Å². The first-order valence-electron chi connectivity index (χ1n) is 32.6. The first kappa shape index (κ1) is 79.6. The van der Waals surface area contributed by atoms with Crippen molar-refractivity contribution < 1.29 is 37.6 Å². The molecule has 9 nitrogen and oxygen atoms in total. The minimum absolute atomic E-state index is 0.0344. The lowest BCUT2D eigenvalue weighted by Gasteiger charge is -2.19. The summed E-state index contributed by atoms with van der Waals surface area (Å²) < 4.78 is 33.1. The van der Waals surface area contributed by atoms with Crippen molar-refractivity contribution in [2.24, 2.45) is 5.73 Å². The fraction of sp³-hybridized carbons (Fsp3) is 0.520. The molecule has 0 aliphatic rings. The lowest BCUT2D eigenvalue weighted by atomic mass is 10.1. The number of unbranched alkanes of at least 4 members (excludes halogenated alkanes) is 11. The molecule has 0 aliphatic heterocycles. The van der Waals surface area contributed by atoms with Gasteiger partial charge in [0.2, 0.25) is 0 Å². The molecular formula is C75H116NO8P. The smallest absolute Gasteiger partial charge is 0.462 e. The molecule has 2 unspecified atom stereocenters. The summed E-state index contributed by atoms with van der Waals surface area (Å²) in [6.45, 7) is 3.43. The zero-order valence-electron chi connectivity index (χ0n) is 53.0. The molecule has 0 spiro atoms. The summed E-state index contributed by atoms with van der Waals surface area (Å²) in [6.07, 6.45) is 105. The van der Waals surface area contributed by atoms with Crippen molar-refractivity contribution in [3.05, 3.63) is 207 Å². The van der Waals surface area contributed by atoms with Crippen LogP contribution in [0.5, 0.6) is 0 Å². The van der Waals surface area contributed by atoms with Crippen molar-refractivity contribution in [2.75, 3.05) is 26.4 Å². The maximum Gasteiger partial charge on any atom is 0.472 e. The van der Waals surface area contributed by atoms with Gasteiger partial charge >= 0.3 is 19.8 Å². The molecule has 474 valence electrons. The Balaban J connectivity index is 4.09. The average Bonchev–Trinajstić information content (AvgIpc) is 3.52.